The highest BCUT2D eigenvalue weighted by Crippen LogP contribution is 2.47. The zero-order chi connectivity index (χ0) is 44.6. The van der Waals surface area contributed by atoms with Crippen molar-refractivity contribution in [3.63, 3.8) is 0 Å². The molecule has 5 atom stereocenters. The van der Waals surface area contributed by atoms with Gasteiger partial charge in [-0.3, -0.25) is 24.1 Å². The number of imide groups is 2. The van der Waals surface area contributed by atoms with Crippen molar-refractivity contribution in [2.75, 3.05) is 18.1 Å². The number of benzene rings is 6. The largest absolute Gasteiger partial charge is 0.462 e. The Morgan fingerprint density at radius 3 is 1.36 bits per heavy atom. The number of hydrogen-bond acceptors (Lipinski definition) is 10. The summed E-state index contributed by atoms with van der Waals surface area (Å²) in [6.07, 6.45) is 9.90. The van der Waals surface area contributed by atoms with Crippen LogP contribution in [0.5, 0.6) is 5.75 Å². The van der Waals surface area contributed by atoms with Crippen molar-refractivity contribution in [3.05, 3.63) is 95.1 Å². The number of amides is 4. The van der Waals surface area contributed by atoms with Gasteiger partial charge in [0.25, 0.3) is 23.6 Å². The van der Waals surface area contributed by atoms with Crippen molar-refractivity contribution in [1.29, 1.82) is 0 Å². The van der Waals surface area contributed by atoms with E-state index in [0.29, 0.717) is 39.6 Å². The molecule has 334 valence electrons. The molecule has 1 saturated heterocycles. The Hall–Kier alpha value is -5.50. The second-order valence-corrected chi connectivity index (χ2v) is 17.8. The first-order chi connectivity index (χ1) is 31.1. The minimum atomic E-state index is -1.61. The molecule has 0 spiro atoms. The van der Waals surface area contributed by atoms with Crippen LogP contribution in [0.3, 0.4) is 0 Å². The Morgan fingerprint density at radius 2 is 0.922 bits per heavy atom. The lowest BCUT2D eigenvalue weighted by molar-refractivity contribution is -0.277. The van der Waals surface area contributed by atoms with E-state index in [9.17, 15) is 39.6 Å². The normalized spacial score (nSPS) is 21.1. The number of ether oxygens (including phenoxy) is 2. The molecule has 4 amide bonds. The standard InChI is InChI=1S/C52H56N2O10/c1-2-3-4-5-6-7-8-9-10-11-12-13-14-15-28-53-48(59)36-24-20-32-34-22-26-38-44-39(27-23-35(42(34)44)33-21-25-37(49(53)60)43(36)41(32)33)51(62)54(50(38)61)30-16-18-31(19-17-30)63-52-47(58)46(57)45(56)40(29-55)64-52/h16-27,40,45-47,52,55-58H,2-15,28-29H2,1H3/t40-,45-,46+,47-,52-/m1/s1. The van der Waals surface area contributed by atoms with Crippen molar-refractivity contribution in [2.24, 2.45) is 0 Å². The Labute approximate surface area is 371 Å². The fourth-order valence-corrected chi connectivity index (χ4v) is 10.2. The highest BCUT2D eigenvalue weighted by atomic mass is 16.7. The molecule has 1 fully saturated rings. The summed E-state index contributed by atoms with van der Waals surface area (Å²) < 4.78 is 11.2. The number of carbonyl (C=O) groups is 4. The molecule has 0 aliphatic carbocycles. The molecule has 12 heteroatoms. The van der Waals surface area contributed by atoms with Crippen LogP contribution in [0.4, 0.5) is 5.69 Å². The summed E-state index contributed by atoms with van der Waals surface area (Å²) >= 11 is 0. The van der Waals surface area contributed by atoms with E-state index >= 15 is 0 Å². The van der Waals surface area contributed by atoms with Crippen LogP contribution in [0, 0.1) is 0 Å². The van der Waals surface area contributed by atoms with Crippen LogP contribution in [0.15, 0.2) is 72.8 Å². The van der Waals surface area contributed by atoms with Crippen LogP contribution < -0.4 is 9.64 Å². The minimum absolute atomic E-state index is 0.184. The van der Waals surface area contributed by atoms with Crippen LogP contribution in [0.25, 0.3) is 43.1 Å². The zero-order valence-corrected chi connectivity index (χ0v) is 36.3. The fraction of sp³-hybridized carbons (Fsp3) is 0.423. The van der Waals surface area contributed by atoms with Gasteiger partial charge in [-0.15, -0.1) is 0 Å². The molecular formula is C52H56N2O10. The monoisotopic (exact) mass is 868 g/mol. The molecular weight excluding hydrogens is 813 g/mol. The highest BCUT2D eigenvalue weighted by molar-refractivity contribution is 6.43. The molecule has 12 nitrogen and oxygen atoms in total. The van der Waals surface area contributed by atoms with Gasteiger partial charge in [0.15, 0.2) is 0 Å². The van der Waals surface area contributed by atoms with Gasteiger partial charge >= 0.3 is 0 Å². The zero-order valence-electron chi connectivity index (χ0n) is 36.3. The lowest BCUT2D eigenvalue weighted by atomic mass is 9.82. The third-order valence-corrected chi connectivity index (χ3v) is 13.7. The van der Waals surface area contributed by atoms with Crippen LogP contribution in [-0.2, 0) is 4.74 Å². The summed E-state index contributed by atoms with van der Waals surface area (Å²) in [4.78, 5) is 59.2. The first-order valence-corrected chi connectivity index (χ1v) is 23.2. The van der Waals surface area contributed by atoms with E-state index in [1.165, 1.54) is 99.8 Å². The summed E-state index contributed by atoms with van der Waals surface area (Å²) in [6.45, 7) is 2.03. The van der Waals surface area contributed by atoms with Crippen molar-refractivity contribution in [2.45, 2.75) is 128 Å². The number of fused-ring (bicyclic) bond motifs is 2. The van der Waals surface area contributed by atoms with Gasteiger partial charge in [-0.2, -0.15) is 0 Å². The topological polar surface area (TPSA) is 174 Å². The van der Waals surface area contributed by atoms with E-state index in [-0.39, 0.29) is 23.3 Å². The molecule has 0 aromatic heterocycles. The molecule has 3 aliphatic rings. The Balaban J connectivity index is 0.908. The molecule has 64 heavy (non-hydrogen) atoms. The van der Waals surface area contributed by atoms with Gasteiger partial charge in [0.2, 0.25) is 6.29 Å². The highest BCUT2D eigenvalue weighted by Gasteiger charge is 2.45. The van der Waals surface area contributed by atoms with Crippen LogP contribution in [0.2, 0.25) is 0 Å². The fourth-order valence-electron chi connectivity index (χ4n) is 10.2. The van der Waals surface area contributed by atoms with E-state index in [0.717, 1.165) is 56.5 Å². The Bertz CT molecular complexity index is 2610. The van der Waals surface area contributed by atoms with Gasteiger partial charge in [0, 0.05) is 39.6 Å². The SMILES string of the molecule is CCCCCCCCCCCCCCCCN1C(=O)c2ccc3c4ccc5c6c(ccc(c7ccc(c2c37)C1=O)c64)C(=O)N(c1ccc(O[C@@H]2O[C@H](CO)[C@@H](O)[C@H](O)[C@H]2O)cc1)C5=O. The van der Waals surface area contributed by atoms with Gasteiger partial charge in [-0.25, -0.2) is 4.90 Å². The summed E-state index contributed by atoms with van der Waals surface area (Å²) in [5.41, 5.74) is 1.96. The minimum Gasteiger partial charge on any atom is -0.462 e. The van der Waals surface area contributed by atoms with Crippen LogP contribution >= 0.6 is 0 Å². The second-order valence-electron chi connectivity index (χ2n) is 17.8. The maximum atomic E-state index is 14.3. The number of rotatable bonds is 19. The van der Waals surface area contributed by atoms with Gasteiger partial charge in [-0.1, -0.05) is 115 Å². The van der Waals surface area contributed by atoms with E-state index in [1.807, 2.05) is 24.3 Å². The molecule has 3 heterocycles. The number of anilines is 1. The predicted octanol–water partition coefficient (Wildman–Crippen LogP) is 8.79. The van der Waals surface area contributed by atoms with Gasteiger partial charge in [-0.05, 0) is 87.3 Å². The number of aliphatic hydroxyl groups excluding tert-OH is 4. The van der Waals surface area contributed by atoms with Crippen LogP contribution in [0.1, 0.15) is 138 Å². The quantitative estimate of drug-likeness (QED) is 0.0267. The lowest BCUT2D eigenvalue weighted by Gasteiger charge is -2.39. The van der Waals surface area contributed by atoms with Crippen molar-refractivity contribution in [3.8, 4) is 5.75 Å². The molecule has 0 bridgehead atoms. The first kappa shape index (κ1) is 43.7. The molecule has 0 saturated carbocycles. The van der Waals surface area contributed by atoms with Crippen LogP contribution in [-0.4, -0.2) is 92.8 Å². The third kappa shape index (κ3) is 7.68. The average molecular weight is 869 g/mol. The summed E-state index contributed by atoms with van der Waals surface area (Å²) in [5.74, 6) is -1.41. The summed E-state index contributed by atoms with van der Waals surface area (Å²) in [7, 11) is 0. The lowest BCUT2D eigenvalue weighted by Crippen LogP contribution is -2.60. The molecule has 4 N–H and O–H groups in total. The number of unbranched alkanes of at least 4 members (excludes halogenated alkanes) is 13. The van der Waals surface area contributed by atoms with Gasteiger partial charge < -0.3 is 29.9 Å². The predicted molar refractivity (Wildman–Crippen MR) is 245 cm³/mol. The van der Waals surface area contributed by atoms with E-state index < -0.39 is 49.1 Å². The van der Waals surface area contributed by atoms with E-state index in [2.05, 4.69) is 6.92 Å². The third-order valence-electron chi connectivity index (χ3n) is 13.7. The molecule has 0 unspecified atom stereocenters. The number of nitrogens with zero attached hydrogens (tertiary/aromatic N) is 2. The van der Waals surface area contributed by atoms with Crippen molar-refractivity contribution < 1.29 is 49.1 Å². The maximum Gasteiger partial charge on any atom is 0.265 e. The summed E-state index contributed by atoms with van der Waals surface area (Å²) in [5, 5.41) is 46.2. The number of aliphatic hydroxyl groups is 4. The average Bonchev–Trinajstić information content (AvgIpc) is 3.31. The number of hydrogen-bond donors (Lipinski definition) is 4. The second kappa shape index (κ2) is 18.5. The molecule has 6 aromatic rings. The van der Waals surface area contributed by atoms with E-state index in [4.69, 9.17) is 9.47 Å². The molecule has 6 aromatic carbocycles. The maximum absolute atomic E-state index is 14.3. The van der Waals surface area contributed by atoms with Crippen molar-refractivity contribution >= 4 is 72.4 Å². The van der Waals surface area contributed by atoms with E-state index in [1.54, 1.807) is 24.3 Å². The summed E-state index contributed by atoms with van der Waals surface area (Å²) in [6, 6.07) is 20.6. The van der Waals surface area contributed by atoms with Gasteiger partial charge in [0.05, 0.1) is 12.3 Å². The molecule has 0 radical (unpaired) electrons. The Kier molecular flexibility index (Phi) is 12.7. The molecule has 9 rings (SSSR count). The number of carbonyl (C=O) groups excluding carboxylic acids is 4. The smallest absolute Gasteiger partial charge is 0.265 e. The van der Waals surface area contributed by atoms with Gasteiger partial charge in [0.1, 0.15) is 30.2 Å². The molecule has 3 aliphatic heterocycles. The first-order valence-electron chi connectivity index (χ1n) is 23.2. The van der Waals surface area contributed by atoms with Crippen molar-refractivity contribution in [1.82, 2.24) is 4.90 Å². The Morgan fingerprint density at radius 1 is 0.500 bits per heavy atom.